The highest BCUT2D eigenvalue weighted by Gasteiger charge is 2.41. The molecule has 1 atom stereocenters. The molecular formula is C18H33IN6O2. The summed E-state index contributed by atoms with van der Waals surface area (Å²) in [5.74, 6) is 2.58. The number of methoxy groups -OCH3 is 1. The molecule has 1 saturated heterocycles. The second kappa shape index (κ2) is 10.6. The standard InChI is InChI=1S/C18H32N6O2.HI/c1-14-22-23-16(24(14)2)12-20-17(19-11-15-5-4-9-26-15)21-13-18(6-7-18)8-10-25-3;/h15H,4-13H2,1-3H3,(H2,19,20,21);1H. The molecule has 1 saturated carbocycles. The third-order valence-corrected chi connectivity index (χ3v) is 5.51. The van der Waals surface area contributed by atoms with Gasteiger partial charge in [-0.2, -0.15) is 0 Å². The second-order valence-electron chi connectivity index (χ2n) is 7.50. The fourth-order valence-corrected chi connectivity index (χ4v) is 3.21. The van der Waals surface area contributed by atoms with E-state index in [9.17, 15) is 0 Å². The predicted octanol–water partition coefficient (Wildman–Crippen LogP) is 1.77. The first-order valence-corrected chi connectivity index (χ1v) is 9.59. The largest absolute Gasteiger partial charge is 0.385 e. The molecule has 0 amide bonds. The molecule has 0 spiro atoms. The molecule has 9 heteroatoms. The van der Waals surface area contributed by atoms with Crippen molar-refractivity contribution in [3.05, 3.63) is 11.6 Å². The molecule has 1 aliphatic carbocycles. The lowest BCUT2D eigenvalue weighted by atomic mass is 10.0. The van der Waals surface area contributed by atoms with Crippen molar-refractivity contribution in [2.75, 3.05) is 33.4 Å². The van der Waals surface area contributed by atoms with E-state index in [1.165, 1.54) is 12.8 Å². The van der Waals surface area contributed by atoms with Gasteiger partial charge in [-0.05, 0) is 44.4 Å². The van der Waals surface area contributed by atoms with Crippen molar-refractivity contribution < 1.29 is 9.47 Å². The number of aliphatic imine (C=N–C) groups is 1. The van der Waals surface area contributed by atoms with E-state index in [1.807, 2.05) is 18.5 Å². The zero-order valence-corrected chi connectivity index (χ0v) is 19.0. The maximum absolute atomic E-state index is 5.71. The van der Waals surface area contributed by atoms with Crippen molar-refractivity contribution in [3.8, 4) is 0 Å². The lowest BCUT2D eigenvalue weighted by Gasteiger charge is -2.19. The molecule has 0 radical (unpaired) electrons. The second-order valence-corrected chi connectivity index (χ2v) is 7.50. The summed E-state index contributed by atoms with van der Waals surface area (Å²) in [4.78, 5) is 4.72. The number of ether oxygens (including phenoxy) is 2. The molecule has 1 aliphatic heterocycles. The van der Waals surface area contributed by atoms with E-state index in [-0.39, 0.29) is 30.1 Å². The van der Waals surface area contributed by atoms with Crippen LogP contribution in [0, 0.1) is 12.3 Å². The van der Waals surface area contributed by atoms with Crippen molar-refractivity contribution in [2.45, 2.75) is 51.7 Å². The molecule has 2 N–H and O–H groups in total. The monoisotopic (exact) mass is 492 g/mol. The van der Waals surface area contributed by atoms with Crippen molar-refractivity contribution in [1.82, 2.24) is 25.4 Å². The lowest BCUT2D eigenvalue weighted by Crippen LogP contribution is -2.43. The summed E-state index contributed by atoms with van der Waals surface area (Å²) >= 11 is 0. The molecule has 2 aliphatic rings. The molecule has 2 fully saturated rings. The van der Waals surface area contributed by atoms with Gasteiger partial charge in [-0.1, -0.05) is 0 Å². The zero-order chi connectivity index (χ0) is 18.4. The average Bonchev–Trinajstić information content (AvgIpc) is 3.07. The minimum Gasteiger partial charge on any atom is -0.385 e. The number of rotatable bonds is 9. The van der Waals surface area contributed by atoms with E-state index in [0.717, 1.165) is 63.2 Å². The Morgan fingerprint density at radius 3 is 2.78 bits per heavy atom. The third-order valence-electron chi connectivity index (χ3n) is 5.51. The summed E-state index contributed by atoms with van der Waals surface area (Å²) in [5, 5.41) is 15.3. The highest BCUT2D eigenvalue weighted by Crippen LogP contribution is 2.48. The minimum atomic E-state index is 0. The van der Waals surface area contributed by atoms with E-state index in [2.05, 4.69) is 20.8 Å². The molecule has 1 unspecified atom stereocenters. The summed E-state index contributed by atoms with van der Waals surface area (Å²) in [6.45, 7) is 5.84. The van der Waals surface area contributed by atoms with Gasteiger partial charge in [0.25, 0.3) is 0 Å². The Bertz CT molecular complexity index is 611. The van der Waals surface area contributed by atoms with Crippen LogP contribution in [0.2, 0.25) is 0 Å². The fourth-order valence-electron chi connectivity index (χ4n) is 3.21. The van der Waals surface area contributed by atoms with Crippen molar-refractivity contribution >= 4 is 29.9 Å². The van der Waals surface area contributed by atoms with E-state index in [0.29, 0.717) is 12.0 Å². The van der Waals surface area contributed by atoms with Gasteiger partial charge in [-0.3, -0.25) is 0 Å². The Labute approximate surface area is 178 Å². The summed E-state index contributed by atoms with van der Waals surface area (Å²) in [6.07, 6.45) is 6.14. The number of nitrogens with zero attached hydrogens (tertiary/aromatic N) is 4. The lowest BCUT2D eigenvalue weighted by molar-refractivity contribution is 0.113. The van der Waals surface area contributed by atoms with Crippen molar-refractivity contribution in [1.29, 1.82) is 0 Å². The van der Waals surface area contributed by atoms with Gasteiger partial charge in [0, 0.05) is 40.5 Å². The van der Waals surface area contributed by atoms with E-state index >= 15 is 0 Å². The van der Waals surface area contributed by atoms with E-state index in [4.69, 9.17) is 14.5 Å². The fraction of sp³-hybridized carbons (Fsp3) is 0.833. The first-order chi connectivity index (χ1) is 12.6. The Kier molecular flexibility index (Phi) is 8.74. The van der Waals surface area contributed by atoms with Crippen LogP contribution in [0.3, 0.4) is 0 Å². The number of aromatic nitrogens is 3. The van der Waals surface area contributed by atoms with Gasteiger partial charge in [-0.25, -0.2) is 4.99 Å². The van der Waals surface area contributed by atoms with Gasteiger partial charge < -0.3 is 24.7 Å². The SMILES string of the molecule is COCCC1(CNC(=NCc2nnc(C)n2C)NCC2CCCO2)CC1.I. The number of nitrogens with one attached hydrogen (secondary N) is 2. The highest BCUT2D eigenvalue weighted by molar-refractivity contribution is 14.0. The van der Waals surface area contributed by atoms with Gasteiger partial charge in [0.2, 0.25) is 0 Å². The number of hydrogen-bond donors (Lipinski definition) is 2. The first-order valence-electron chi connectivity index (χ1n) is 9.59. The number of halogens is 1. The molecule has 0 bridgehead atoms. The summed E-state index contributed by atoms with van der Waals surface area (Å²) in [6, 6.07) is 0. The Morgan fingerprint density at radius 1 is 1.37 bits per heavy atom. The maximum atomic E-state index is 5.71. The highest BCUT2D eigenvalue weighted by atomic mass is 127. The quantitative estimate of drug-likeness (QED) is 0.311. The van der Waals surface area contributed by atoms with Gasteiger partial charge in [0.05, 0.1) is 6.10 Å². The Morgan fingerprint density at radius 2 is 2.19 bits per heavy atom. The molecule has 27 heavy (non-hydrogen) atoms. The van der Waals surface area contributed by atoms with Gasteiger partial charge in [0.15, 0.2) is 11.8 Å². The third kappa shape index (κ3) is 6.56. The molecule has 2 heterocycles. The molecule has 8 nitrogen and oxygen atoms in total. The maximum Gasteiger partial charge on any atom is 0.191 e. The van der Waals surface area contributed by atoms with Crippen LogP contribution in [-0.4, -0.2) is 60.2 Å². The van der Waals surface area contributed by atoms with Crippen molar-refractivity contribution in [3.63, 3.8) is 0 Å². The van der Waals surface area contributed by atoms with Gasteiger partial charge in [0.1, 0.15) is 12.4 Å². The molecular weight excluding hydrogens is 459 g/mol. The number of aryl methyl sites for hydroxylation is 1. The van der Waals surface area contributed by atoms with Crippen molar-refractivity contribution in [2.24, 2.45) is 17.5 Å². The summed E-state index contributed by atoms with van der Waals surface area (Å²) in [7, 11) is 3.74. The molecule has 0 aromatic carbocycles. The first kappa shape index (κ1) is 22.4. The zero-order valence-electron chi connectivity index (χ0n) is 16.7. The van der Waals surface area contributed by atoms with Crippen LogP contribution in [0.5, 0.6) is 0 Å². The van der Waals surface area contributed by atoms with Crippen LogP contribution in [0.15, 0.2) is 4.99 Å². The molecule has 1 aromatic heterocycles. The topological polar surface area (TPSA) is 85.6 Å². The molecule has 154 valence electrons. The molecule has 1 aromatic rings. The summed E-state index contributed by atoms with van der Waals surface area (Å²) in [5.41, 5.74) is 0.365. The average molecular weight is 492 g/mol. The number of hydrogen-bond acceptors (Lipinski definition) is 5. The normalized spacial score (nSPS) is 21.0. The molecule has 3 rings (SSSR count). The number of guanidine groups is 1. The Balaban J connectivity index is 0.00000261. The Hall–Kier alpha value is -0.940. The predicted molar refractivity (Wildman–Crippen MR) is 115 cm³/mol. The van der Waals surface area contributed by atoms with Crippen LogP contribution in [0.25, 0.3) is 0 Å². The van der Waals surface area contributed by atoms with Crippen LogP contribution in [0.1, 0.15) is 43.8 Å². The van der Waals surface area contributed by atoms with Gasteiger partial charge in [-0.15, -0.1) is 34.2 Å². The van der Waals surface area contributed by atoms with Crippen LogP contribution < -0.4 is 10.6 Å². The minimum absolute atomic E-state index is 0. The van der Waals surface area contributed by atoms with E-state index < -0.39 is 0 Å². The van der Waals surface area contributed by atoms with Crippen LogP contribution in [-0.2, 0) is 23.1 Å². The van der Waals surface area contributed by atoms with Crippen LogP contribution >= 0.6 is 24.0 Å². The summed E-state index contributed by atoms with van der Waals surface area (Å²) < 4.78 is 12.9. The van der Waals surface area contributed by atoms with E-state index in [1.54, 1.807) is 7.11 Å². The smallest absolute Gasteiger partial charge is 0.191 e. The van der Waals surface area contributed by atoms with Gasteiger partial charge >= 0.3 is 0 Å². The van der Waals surface area contributed by atoms with Crippen LogP contribution in [0.4, 0.5) is 0 Å².